The maximum atomic E-state index is 14.5. The van der Waals surface area contributed by atoms with Gasteiger partial charge in [0.1, 0.15) is 5.82 Å². The van der Waals surface area contributed by atoms with Crippen LogP contribution in [0.25, 0.3) is 0 Å². The fourth-order valence-electron chi connectivity index (χ4n) is 3.55. The number of ether oxygens (including phenoxy) is 2. The first-order chi connectivity index (χ1) is 15.6. The van der Waals surface area contributed by atoms with Crippen LogP contribution in [0.15, 0.2) is 41.3 Å². The van der Waals surface area contributed by atoms with Crippen LogP contribution in [0.2, 0.25) is 0 Å². The molecule has 1 saturated heterocycles. The Hall–Kier alpha value is -3.31. The first-order valence-corrected chi connectivity index (χ1v) is 11.4. The highest BCUT2D eigenvalue weighted by molar-refractivity contribution is 7.89. The van der Waals surface area contributed by atoms with Crippen LogP contribution in [0, 0.1) is 5.82 Å². The molecule has 0 N–H and O–H groups in total. The molecule has 0 aromatic heterocycles. The average Bonchev–Trinajstić information content (AvgIpc) is 2.82. The van der Waals surface area contributed by atoms with Crippen LogP contribution in [-0.2, 0) is 19.5 Å². The second-order valence-corrected chi connectivity index (χ2v) is 9.21. The largest absolute Gasteiger partial charge is 0.465 e. The van der Waals surface area contributed by atoms with Gasteiger partial charge in [-0.1, -0.05) is 0 Å². The molecule has 0 atom stereocenters. The van der Waals surface area contributed by atoms with E-state index in [0.29, 0.717) is 0 Å². The topological polar surface area (TPSA) is 110 Å². The van der Waals surface area contributed by atoms with Gasteiger partial charge in [-0.05, 0) is 43.3 Å². The molecule has 0 spiro atoms. The Morgan fingerprint density at radius 2 is 1.48 bits per heavy atom. The molecule has 0 amide bonds. The van der Waals surface area contributed by atoms with Crippen molar-refractivity contribution in [2.24, 2.45) is 0 Å². The lowest BCUT2D eigenvalue weighted by Gasteiger charge is -2.35. The van der Waals surface area contributed by atoms with E-state index in [9.17, 15) is 27.2 Å². The SMILES string of the molecule is COC(=O)c1ccc(C(=O)OC)c(S(=O)(=O)N2CCN(c3ccc(C(C)=O)cc3F)CC2)c1. The number of esters is 2. The summed E-state index contributed by atoms with van der Waals surface area (Å²) >= 11 is 0. The van der Waals surface area contributed by atoms with Crippen LogP contribution >= 0.6 is 0 Å². The fraction of sp³-hybridized carbons (Fsp3) is 0.318. The molecule has 1 heterocycles. The molecule has 0 aliphatic carbocycles. The number of benzene rings is 2. The first kappa shape index (κ1) is 24.3. The van der Waals surface area contributed by atoms with Crippen molar-refractivity contribution in [2.45, 2.75) is 11.8 Å². The summed E-state index contributed by atoms with van der Waals surface area (Å²) in [5.74, 6) is -2.45. The molecular weight excluding hydrogens is 455 g/mol. The molecule has 0 radical (unpaired) electrons. The molecule has 0 saturated carbocycles. The van der Waals surface area contributed by atoms with Gasteiger partial charge in [0.15, 0.2) is 5.78 Å². The highest BCUT2D eigenvalue weighted by atomic mass is 32.2. The number of sulfonamides is 1. The zero-order valence-corrected chi connectivity index (χ0v) is 19.1. The standard InChI is InChI=1S/C22H23FN2O7S/c1-14(26)15-5-7-19(18(23)12-15)24-8-10-25(11-9-24)33(29,30)20-13-16(21(27)31-2)4-6-17(20)22(28)32-3/h4-7,12-13H,8-11H2,1-3H3. The summed E-state index contributed by atoms with van der Waals surface area (Å²) in [7, 11) is -1.90. The fourth-order valence-corrected chi connectivity index (χ4v) is 5.18. The highest BCUT2D eigenvalue weighted by Crippen LogP contribution is 2.27. The quantitative estimate of drug-likeness (QED) is 0.459. The van der Waals surface area contributed by atoms with Crippen LogP contribution in [0.5, 0.6) is 0 Å². The number of hydrogen-bond acceptors (Lipinski definition) is 8. The minimum absolute atomic E-state index is 0.0132. The van der Waals surface area contributed by atoms with Crippen molar-refractivity contribution in [3.63, 3.8) is 0 Å². The predicted molar refractivity (Wildman–Crippen MR) is 116 cm³/mol. The summed E-state index contributed by atoms with van der Waals surface area (Å²) in [4.78, 5) is 36.8. The van der Waals surface area contributed by atoms with Gasteiger partial charge in [0, 0.05) is 31.7 Å². The Morgan fingerprint density at radius 1 is 0.879 bits per heavy atom. The van der Waals surface area contributed by atoms with Crippen molar-refractivity contribution in [3.8, 4) is 0 Å². The van der Waals surface area contributed by atoms with Crippen LogP contribution in [0.3, 0.4) is 0 Å². The third kappa shape index (κ3) is 4.88. The van der Waals surface area contributed by atoms with Gasteiger partial charge in [-0.25, -0.2) is 22.4 Å². The molecule has 0 bridgehead atoms. The van der Waals surface area contributed by atoms with Crippen LogP contribution in [-0.4, -0.2) is 70.8 Å². The summed E-state index contributed by atoms with van der Waals surface area (Å²) in [6.07, 6.45) is 0. The minimum Gasteiger partial charge on any atom is -0.465 e. The molecule has 33 heavy (non-hydrogen) atoms. The summed E-state index contributed by atoms with van der Waals surface area (Å²) in [5, 5.41) is 0. The van der Waals surface area contributed by atoms with Gasteiger partial charge in [-0.3, -0.25) is 4.79 Å². The van der Waals surface area contributed by atoms with E-state index in [1.807, 2.05) is 0 Å². The molecule has 2 aromatic rings. The normalized spacial score (nSPS) is 14.6. The maximum Gasteiger partial charge on any atom is 0.339 e. The monoisotopic (exact) mass is 478 g/mol. The van der Waals surface area contributed by atoms with E-state index < -0.39 is 27.8 Å². The predicted octanol–water partition coefficient (Wildman–Crippen LogP) is 2.11. The zero-order chi connectivity index (χ0) is 24.3. The second-order valence-electron chi connectivity index (χ2n) is 7.31. The summed E-state index contributed by atoms with van der Waals surface area (Å²) in [6.45, 7) is 1.73. The molecule has 3 rings (SSSR count). The Kier molecular flexibility index (Phi) is 7.13. The van der Waals surface area contributed by atoms with Crippen LogP contribution in [0.1, 0.15) is 38.0 Å². The van der Waals surface area contributed by atoms with E-state index in [1.54, 1.807) is 4.90 Å². The number of halogens is 1. The molecule has 1 fully saturated rings. The number of hydrogen-bond donors (Lipinski definition) is 0. The Bertz CT molecular complexity index is 1210. The van der Waals surface area contributed by atoms with Gasteiger partial charge >= 0.3 is 11.9 Å². The van der Waals surface area contributed by atoms with Crippen molar-refractivity contribution in [3.05, 3.63) is 58.9 Å². The number of ketones is 1. The van der Waals surface area contributed by atoms with Crippen molar-refractivity contribution in [2.75, 3.05) is 45.3 Å². The minimum atomic E-state index is -4.19. The number of methoxy groups -OCH3 is 2. The van der Waals surface area contributed by atoms with Crippen molar-refractivity contribution in [1.29, 1.82) is 0 Å². The van der Waals surface area contributed by atoms with E-state index in [1.165, 1.54) is 31.2 Å². The number of piperazine rings is 1. The molecule has 176 valence electrons. The smallest absolute Gasteiger partial charge is 0.339 e. The first-order valence-electron chi connectivity index (χ1n) is 9.96. The lowest BCUT2D eigenvalue weighted by atomic mass is 10.1. The number of rotatable bonds is 6. The van der Waals surface area contributed by atoms with Gasteiger partial charge in [-0.2, -0.15) is 4.31 Å². The molecule has 11 heteroatoms. The lowest BCUT2D eigenvalue weighted by molar-refractivity contribution is 0.0583. The van der Waals surface area contributed by atoms with Crippen molar-refractivity contribution in [1.82, 2.24) is 4.31 Å². The van der Waals surface area contributed by atoms with Crippen LogP contribution in [0.4, 0.5) is 10.1 Å². The Labute approximate surface area is 190 Å². The molecule has 9 nitrogen and oxygen atoms in total. The van der Waals surface area contributed by atoms with E-state index in [-0.39, 0.29) is 59.2 Å². The van der Waals surface area contributed by atoms with Gasteiger partial charge in [-0.15, -0.1) is 0 Å². The van der Waals surface area contributed by atoms with Gasteiger partial charge in [0.25, 0.3) is 0 Å². The Balaban J connectivity index is 1.87. The van der Waals surface area contributed by atoms with Gasteiger partial charge < -0.3 is 14.4 Å². The van der Waals surface area contributed by atoms with E-state index in [0.717, 1.165) is 30.7 Å². The van der Waals surface area contributed by atoms with Crippen molar-refractivity contribution >= 4 is 33.4 Å². The molecule has 0 unspecified atom stereocenters. The highest BCUT2D eigenvalue weighted by Gasteiger charge is 2.33. The van der Waals surface area contributed by atoms with Crippen LogP contribution < -0.4 is 4.90 Å². The average molecular weight is 478 g/mol. The molecular formula is C22H23FN2O7S. The maximum absolute atomic E-state index is 14.5. The van der Waals surface area contributed by atoms with Gasteiger partial charge in [0.2, 0.25) is 10.0 Å². The molecule has 1 aliphatic heterocycles. The van der Waals surface area contributed by atoms with Gasteiger partial charge in [0.05, 0.1) is 35.9 Å². The molecule has 2 aromatic carbocycles. The summed E-state index contributed by atoms with van der Waals surface area (Å²) in [5.41, 5.74) is 0.270. The lowest BCUT2D eigenvalue weighted by Crippen LogP contribution is -2.49. The number of nitrogens with zero attached hydrogens (tertiary/aromatic N) is 2. The number of anilines is 1. The summed E-state index contributed by atoms with van der Waals surface area (Å²) < 4.78 is 51.7. The number of carbonyl (C=O) groups is 3. The Morgan fingerprint density at radius 3 is 2.03 bits per heavy atom. The number of carbonyl (C=O) groups excluding carboxylic acids is 3. The zero-order valence-electron chi connectivity index (χ0n) is 18.3. The van der Waals surface area contributed by atoms with E-state index in [2.05, 4.69) is 9.47 Å². The second kappa shape index (κ2) is 9.67. The third-order valence-corrected chi connectivity index (χ3v) is 7.30. The van der Waals surface area contributed by atoms with E-state index >= 15 is 0 Å². The third-order valence-electron chi connectivity index (χ3n) is 5.36. The number of Topliss-reactive ketones (excluding diaryl/α,β-unsaturated/α-hetero) is 1. The van der Waals surface area contributed by atoms with Crippen molar-refractivity contribution < 1.29 is 36.7 Å². The molecule has 1 aliphatic rings. The van der Waals surface area contributed by atoms with E-state index in [4.69, 9.17) is 0 Å². The summed E-state index contributed by atoms with van der Waals surface area (Å²) in [6, 6.07) is 7.73.